The molecule has 0 N–H and O–H groups in total. The quantitative estimate of drug-likeness (QED) is 0.691. The maximum atomic E-state index is 6.42. The van der Waals surface area contributed by atoms with Crippen molar-refractivity contribution >= 4 is 34.6 Å². The molecule has 0 aliphatic carbocycles. The van der Waals surface area contributed by atoms with Crippen LogP contribution in [0.1, 0.15) is 18.1 Å². The summed E-state index contributed by atoms with van der Waals surface area (Å²) in [6.07, 6.45) is 1.04. The molecule has 2 aromatic carbocycles. The van der Waals surface area contributed by atoms with Crippen LogP contribution in [0.4, 0.5) is 11.4 Å². The van der Waals surface area contributed by atoms with Crippen molar-refractivity contribution in [3.05, 3.63) is 58.6 Å². The summed E-state index contributed by atoms with van der Waals surface area (Å²) >= 11 is 12.5. The third kappa shape index (κ3) is 2.11. The first-order chi connectivity index (χ1) is 9.22. The molecule has 98 valence electrons. The molecule has 0 bridgehead atoms. The Morgan fingerprint density at radius 3 is 2.74 bits per heavy atom. The Bertz CT molecular complexity index is 609. The number of halogens is 2. The SMILES string of the molecule is CC1Cc2ccccc2N1c1c(Cl)cccc1CCl. The summed E-state index contributed by atoms with van der Waals surface area (Å²) in [6, 6.07) is 14.8. The van der Waals surface area contributed by atoms with Crippen LogP contribution >= 0.6 is 23.2 Å². The van der Waals surface area contributed by atoms with Crippen LogP contribution in [-0.2, 0) is 12.3 Å². The van der Waals surface area contributed by atoms with Gasteiger partial charge in [0.25, 0.3) is 0 Å². The number of hydrogen-bond acceptors (Lipinski definition) is 1. The molecule has 1 unspecified atom stereocenters. The third-order valence-corrected chi connectivity index (χ3v) is 4.26. The summed E-state index contributed by atoms with van der Waals surface area (Å²) in [6.45, 7) is 2.22. The first-order valence-corrected chi connectivity index (χ1v) is 7.34. The van der Waals surface area contributed by atoms with Crippen LogP contribution in [0.25, 0.3) is 0 Å². The Morgan fingerprint density at radius 2 is 1.95 bits per heavy atom. The number of anilines is 2. The van der Waals surface area contributed by atoms with Gasteiger partial charge in [-0.1, -0.05) is 41.9 Å². The van der Waals surface area contributed by atoms with Crippen LogP contribution in [0.2, 0.25) is 5.02 Å². The molecule has 0 amide bonds. The lowest BCUT2D eigenvalue weighted by molar-refractivity contribution is 0.757. The molecular formula is C16H15Cl2N. The topological polar surface area (TPSA) is 3.24 Å². The molecule has 1 atom stereocenters. The fourth-order valence-electron chi connectivity index (χ4n) is 2.84. The molecule has 1 aliphatic rings. The number of nitrogens with zero attached hydrogens (tertiary/aromatic N) is 1. The zero-order chi connectivity index (χ0) is 13.4. The highest BCUT2D eigenvalue weighted by atomic mass is 35.5. The summed E-state index contributed by atoms with van der Waals surface area (Å²) in [5, 5.41) is 0.765. The average Bonchev–Trinajstić information content (AvgIpc) is 2.74. The van der Waals surface area contributed by atoms with Crippen molar-refractivity contribution in [1.82, 2.24) is 0 Å². The molecule has 0 fully saturated rings. The van der Waals surface area contributed by atoms with E-state index in [4.69, 9.17) is 23.2 Å². The molecule has 0 saturated carbocycles. The van der Waals surface area contributed by atoms with Crippen LogP contribution in [0.15, 0.2) is 42.5 Å². The van der Waals surface area contributed by atoms with E-state index >= 15 is 0 Å². The van der Waals surface area contributed by atoms with Crippen molar-refractivity contribution in [3.63, 3.8) is 0 Å². The Balaban J connectivity index is 2.18. The Labute approximate surface area is 123 Å². The Kier molecular flexibility index (Phi) is 3.42. The maximum absolute atomic E-state index is 6.42. The molecule has 2 aromatic rings. The zero-order valence-corrected chi connectivity index (χ0v) is 12.2. The van der Waals surface area contributed by atoms with Crippen molar-refractivity contribution < 1.29 is 0 Å². The van der Waals surface area contributed by atoms with Gasteiger partial charge in [-0.3, -0.25) is 0 Å². The van der Waals surface area contributed by atoms with E-state index in [1.54, 1.807) is 0 Å². The van der Waals surface area contributed by atoms with Gasteiger partial charge in [-0.05, 0) is 36.6 Å². The van der Waals surface area contributed by atoms with Crippen LogP contribution in [0.3, 0.4) is 0 Å². The molecule has 0 saturated heterocycles. The van der Waals surface area contributed by atoms with E-state index in [1.165, 1.54) is 11.3 Å². The second-order valence-electron chi connectivity index (χ2n) is 4.93. The number of para-hydroxylation sites is 2. The molecule has 0 radical (unpaired) electrons. The normalized spacial score (nSPS) is 17.6. The van der Waals surface area contributed by atoms with Crippen molar-refractivity contribution in [3.8, 4) is 0 Å². The van der Waals surface area contributed by atoms with Crippen LogP contribution < -0.4 is 4.90 Å². The van der Waals surface area contributed by atoms with Gasteiger partial charge in [-0.15, -0.1) is 11.6 Å². The van der Waals surface area contributed by atoms with Crippen LogP contribution in [-0.4, -0.2) is 6.04 Å². The van der Waals surface area contributed by atoms with Gasteiger partial charge in [0.2, 0.25) is 0 Å². The van der Waals surface area contributed by atoms with E-state index < -0.39 is 0 Å². The summed E-state index contributed by atoms with van der Waals surface area (Å²) in [5.74, 6) is 0.473. The van der Waals surface area contributed by atoms with Gasteiger partial charge < -0.3 is 4.90 Å². The Hall–Kier alpha value is -1.18. The van der Waals surface area contributed by atoms with E-state index in [0.717, 1.165) is 22.7 Å². The van der Waals surface area contributed by atoms with Crippen molar-refractivity contribution in [1.29, 1.82) is 0 Å². The van der Waals surface area contributed by atoms with E-state index in [1.807, 2.05) is 18.2 Å². The lowest BCUT2D eigenvalue weighted by atomic mass is 10.1. The predicted molar refractivity (Wildman–Crippen MR) is 82.8 cm³/mol. The van der Waals surface area contributed by atoms with Gasteiger partial charge in [-0.25, -0.2) is 0 Å². The van der Waals surface area contributed by atoms with E-state index in [0.29, 0.717) is 11.9 Å². The smallest absolute Gasteiger partial charge is 0.0647 e. The molecular weight excluding hydrogens is 277 g/mol. The second-order valence-corrected chi connectivity index (χ2v) is 5.61. The monoisotopic (exact) mass is 291 g/mol. The minimum atomic E-state index is 0.402. The van der Waals surface area contributed by atoms with Gasteiger partial charge in [0, 0.05) is 17.6 Å². The number of rotatable bonds is 2. The van der Waals surface area contributed by atoms with Crippen LogP contribution in [0.5, 0.6) is 0 Å². The summed E-state index contributed by atoms with van der Waals surface area (Å²) in [4.78, 5) is 2.31. The maximum Gasteiger partial charge on any atom is 0.0647 e. The highest BCUT2D eigenvalue weighted by Crippen LogP contribution is 2.43. The number of alkyl halides is 1. The van der Waals surface area contributed by atoms with E-state index in [-0.39, 0.29) is 0 Å². The average molecular weight is 292 g/mol. The molecule has 1 aliphatic heterocycles. The highest BCUT2D eigenvalue weighted by Gasteiger charge is 2.29. The Morgan fingerprint density at radius 1 is 1.16 bits per heavy atom. The molecule has 3 heteroatoms. The number of hydrogen-bond donors (Lipinski definition) is 0. The number of fused-ring (bicyclic) bond motifs is 1. The largest absolute Gasteiger partial charge is 0.337 e. The first kappa shape index (κ1) is 12.8. The zero-order valence-electron chi connectivity index (χ0n) is 10.7. The minimum Gasteiger partial charge on any atom is -0.337 e. The fraction of sp³-hybridized carbons (Fsp3) is 0.250. The van der Waals surface area contributed by atoms with Gasteiger partial charge in [0.1, 0.15) is 0 Å². The summed E-state index contributed by atoms with van der Waals surface area (Å²) < 4.78 is 0. The van der Waals surface area contributed by atoms with Gasteiger partial charge >= 0.3 is 0 Å². The molecule has 1 heterocycles. The minimum absolute atomic E-state index is 0.402. The standard InChI is InChI=1S/C16H15Cl2N/c1-11-9-12-5-2-3-8-15(12)19(11)16-13(10-17)6-4-7-14(16)18/h2-8,11H,9-10H2,1H3. The van der Waals surface area contributed by atoms with E-state index in [2.05, 4.69) is 36.1 Å². The highest BCUT2D eigenvalue weighted by molar-refractivity contribution is 6.34. The molecule has 1 nitrogen and oxygen atoms in total. The summed E-state index contributed by atoms with van der Waals surface area (Å²) in [5.41, 5.74) is 4.75. The molecule has 3 rings (SSSR count). The molecule has 19 heavy (non-hydrogen) atoms. The lowest BCUT2D eigenvalue weighted by Crippen LogP contribution is -2.25. The third-order valence-electron chi connectivity index (χ3n) is 3.66. The first-order valence-electron chi connectivity index (χ1n) is 6.43. The molecule has 0 spiro atoms. The fourth-order valence-corrected chi connectivity index (χ4v) is 3.34. The van der Waals surface area contributed by atoms with Crippen molar-refractivity contribution in [2.45, 2.75) is 25.3 Å². The second kappa shape index (κ2) is 5.07. The van der Waals surface area contributed by atoms with E-state index in [9.17, 15) is 0 Å². The number of benzene rings is 2. The van der Waals surface area contributed by atoms with Gasteiger partial charge in [0.05, 0.1) is 10.7 Å². The van der Waals surface area contributed by atoms with Crippen LogP contribution in [0, 0.1) is 0 Å². The van der Waals surface area contributed by atoms with Crippen molar-refractivity contribution in [2.75, 3.05) is 4.90 Å². The molecule has 0 aromatic heterocycles. The predicted octanol–water partition coefficient (Wildman–Crippen LogP) is 5.16. The lowest BCUT2D eigenvalue weighted by Gasteiger charge is -2.28. The summed E-state index contributed by atoms with van der Waals surface area (Å²) in [7, 11) is 0. The van der Waals surface area contributed by atoms with Gasteiger partial charge in [-0.2, -0.15) is 0 Å². The van der Waals surface area contributed by atoms with Gasteiger partial charge in [0.15, 0.2) is 0 Å². The van der Waals surface area contributed by atoms with Crippen molar-refractivity contribution in [2.24, 2.45) is 0 Å².